The second kappa shape index (κ2) is 6.87. The van der Waals surface area contributed by atoms with Crippen molar-refractivity contribution >= 4 is 33.2 Å². The van der Waals surface area contributed by atoms with Crippen molar-refractivity contribution in [1.29, 1.82) is 0 Å². The summed E-state index contributed by atoms with van der Waals surface area (Å²) in [6.45, 7) is -0.0505. The van der Waals surface area contributed by atoms with Crippen LogP contribution in [0.15, 0.2) is 36.4 Å². The fourth-order valence-electron chi connectivity index (χ4n) is 1.73. The third-order valence-corrected chi connectivity index (χ3v) is 3.86. The first-order valence-corrected chi connectivity index (χ1v) is 7.42. The smallest absolute Gasteiger partial charge is 0.311 e. The van der Waals surface area contributed by atoms with Gasteiger partial charge in [-0.1, -0.05) is 45.7 Å². The summed E-state index contributed by atoms with van der Waals surface area (Å²) in [4.78, 5) is 10.5. The zero-order valence-electron chi connectivity index (χ0n) is 10.7. The highest BCUT2D eigenvalue weighted by molar-refractivity contribution is 9.08. The Morgan fingerprint density at radius 2 is 2.10 bits per heavy atom. The summed E-state index contributed by atoms with van der Waals surface area (Å²) in [6, 6.07) is 8.99. The molecule has 2 aromatic carbocycles. The highest BCUT2D eigenvalue weighted by Gasteiger charge is 2.16. The van der Waals surface area contributed by atoms with Gasteiger partial charge >= 0.3 is 5.69 Å². The average Bonchev–Trinajstić information content (AvgIpc) is 2.48. The number of halogens is 3. The Labute approximate surface area is 133 Å². The lowest BCUT2D eigenvalue weighted by Gasteiger charge is -2.09. The van der Waals surface area contributed by atoms with E-state index in [1.54, 1.807) is 12.1 Å². The van der Waals surface area contributed by atoms with Crippen molar-refractivity contribution < 1.29 is 14.1 Å². The molecule has 0 heterocycles. The summed E-state index contributed by atoms with van der Waals surface area (Å²) < 4.78 is 18.7. The van der Waals surface area contributed by atoms with E-state index in [1.165, 1.54) is 24.3 Å². The van der Waals surface area contributed by atoms with Gasteiger partial charge in [0.15, 0.2) is 5.75 Å². The van der Waals surface area contributed by atoms with Crippen LogP contribution >= 0.6 is 27.5 Å². The van der Waals surface area contributed by atoms with E-state index >= 15 is 0 Å². The molecule has 21 heavy (non-hydrogen) atoms. The van der Waals surface area contributed by atoms with Gasteiger partial charge in [-0.3, -0.25) is 10.1 Å². The van der Waals surface area contributed by atoms with Gasteiger partial charge in [-0.2, -0.15) is 0 Å². The first-order chi connectivity index (χ1) is 10.0. The zero-order chi connectivity index (χ0) is 15.4. The molecule has 0 N–H and O–H groups in total. The second-order valence-corrected chi connectivity index (χ2v) is 5.13. The summed E-state index contributed by atoms with van der Waals surface area (Å²) in [5, 5.41) is 11.5. The Morgan fingerprint density at radius 1 is 1.33 bits per heavy atom. The highest BCUT2D eigenvalue weighted by Crippen LogP contribution is 2.30. The molecule has 0 saturated carbocycles. The van der Waals surface area contributed by atoms with Crippen LogP contribution in [0.5, 0.6) is 5.75 Å². The van der Waals surface area contributed by atoms with Gasteiger partial charge in [-0.25, -0.2) is 4.39 Å². The number of rotatable bonds is 5. The minimum atomic E-state index is -0.554. The monoisotopic (exact) mass is 373 g/mol. The molecule has 110 valence electrons. The third kappa shape index (κ3) is 3.71. The minimum Gasteiger partial charge on any atom is -0.482 e. The van der Waals surface area contributed by atoms with E-state index in [9.17, 15) is 14.5 Å². The molecule has 2 rings (SSSR count). The van der Waals surface area contributed by atoms with Crippen molar-refractivity contribution in [3.63, 3.8) is 0 Å². The molecular formula is C14H10BrClFNO3. The summed E-state index contributed by atoms with van der Waals surface area (Å²) in [5.41, 5.74) is 1.05. The third-order valence-electron chi connectivity index (χ3n) is 2.79. The summed E-state index contributed by atoms with van der Waals surface area (Å²) in [6.07, 6.45) is 0. The molecule has 0 aliphatic heterocycles. The van der Waals surface area contributed by atoms with Crippen molar-refractivity contribution in [1.82, 2.24) is 0 Å². The number of nitrogens with zero attached hydrogens (tertiary/aromatic N) is 1. The maximum Gasteiger partial charge on any atom is 0.311 e. The van der Waals surface area contributed by atoms with Crippen LogP contribution in [0.4, 0.5) is 10.1 Å². The summed E-state index contributed by atoms with van der Waals surface area (Å²) in [5.74, 6) is -0.438. The molecule has 0 amide bonds. The molecule has 0 radical (unpaired) electrons. The molecule has 0 spiro atoms. The molecule has 0 bridgehead atoms. The first kappa shape index (κ1) is 15.7. The van der Waals surface area contributed by atoms with Crippen LogP contribution in [0.1, 0.15) is 11.1 Å². The standard InChI is InChI=1S/C14H10BrClFNO3/c15-7-9-4-5-13(12(6-9)18(19)20)21-8-10-2-1-3-11(17)14(10)16/h1-6H,7-8H2. The predicted molar refractivity (Wildman–Crippen MR) is 81.5 cm³/mol. The van der Waals surface area contributed by atoms with Gasteiger partial charge in [-0.15, -0.1) is 0 Å². The van der Waals surface area contributed by atoms with Crippen LogP contribution in [0.25, 0.3) is 0 Å². The lowest BCUT2D eigenvalue weighted by atomic mass is 10.2. The first-order valence-electron chi connectivity index (χ1n) is 5.92. The Bertz CT molecular complexity index is 681. The predicted octanol–water partition coefficient (Wildman–Crippen LogP) is 4.86. The summed E-state index contributed by atoms with van der Waals surface area (Å²) >= 11 is 9.05. The maximum atomic E-state index is 13.3. The molecule has 0 aliphatic carbocycles. The van der Waals surface area contributed by atoms with E-state index in [4.69, 9.17) is 16.3 Å². The van der Waals surface area contributed by atoms with Crippen LogP contribution in [-0.4, -0.2) is 4.92 Å². The Hall–Kier alpha value is -1.66. The van der Waals surface area contributed by atoms with Crippen LogP contribution in [0, 0.1) is 15.9 Å². The van der Waals surface area contributed by atoms with Crippen molar-refractivity contribution in [2.24, 2.45) is 0 Å². The second-order valence-electron chi connectivity index (χ2n) is 4.19. The number of hydrogen-bond donors (Lipinski definition) is 0. The van der Waals surface area contributed by atoms with Crippen molar-refractivity contribution in [3.05, 3.63) is 68.5 Å². The molecule has 4 nitrogen and oxygen atoms in total. The van der Waals surface area contributed by atoms with Crippen molar-refractivity contribution in [2.75, 3.05) is 0 Å². The topological polar surface area (TPSA) is 52.4 Å². The number of nitro benzene ring substituents is 1. The van der Waals surface area contributed by atoms with Gasteiger partial charge in [0.2, 0.25) is 0 Å². The number of benzene rings is 2. The Kier molecular flexibility index (Phi) is 5.14. The van der Waals surface area contributed by atoms with Crippen molar-refractivity contribution in [2.45, 2.75) is 11.9 Å². The Morgan fingerprint density at radius 3 is 2.76 bits per heavy atom. The molecule has 0 aromatic heterocycles. The van der Waals surface area contributed by atoms with E-state index in [1.807, 2.05) is 0 Å². The van der Waals surface area contributed by atoms with Gasteiger partial charge in [-0.05, 0) is 17.7 Å². The lowest BCUT2D eigenvalue weighted by Crippen LogP contribution is -2.01. The van der Waals surface area contributed by atoms with Gasteiger partial charge in [0.05, 0.1) is 9.95 Å². The van der Waals surface area contributed by atoms with E-state index in [-0.39, 0.29) is 23.1 Å². The minimum absolute atomic E-state index is 0.0442. The molecule has 0 aliphatic rings. The van der Waals surface area contributed by atoms with Gasteiger partial charge < -0.3 is 4.74 Å². The van der Waals surface area contributed by atoms with Gasteiger partial charge in [0.1, 0.15) is 12.4 Å². The SMILES string of the molecule is O=[N+]([O-])c1cc(CBr)ccc1OCc1cccc(F)c1Cl. The van der Waals surface area contributed by atoms with Crippen LogP contribution in [0.2, 0.25) is 5.02 Å². The Balaban J connectivity index is 2.23. The van der Waals surface area contributed by atoms with Crippen LogP contribution < -0.4 is 4.74 Å². The molecule has 0 atom stereocenters. The number of nitro groups is 1. The zero-order valence-corrected chi connectivity index (χ0v) is 13.0. The van der Waals surface area contributed by atoms with Gasteiger partial charge in [0.25, 0.3) is 0 Å². The quantitative estimate of drug-likeness (QED) is 0.426. The fourth-order valence-corrected chi connectivity index (χ4v) is 2.26. The van der Waals surface area contributed by atoms with E-state index in [0.717, 1.165) is 5.56 Å². The number of hydrogen-bond acceptors (Lipinski definition) is 3. The van der Waals surface area contributed by atoms with Crippen LogP contribution in [0.3, 0.4) is 0 Å². The van der Waals surface area contributed by atoms with Crippen molar-refractivity contribution in [3.8, 4) is 5.75 Å². The van der Waals surface area contributed by atoms with E-state index < -0.39 is 10.7 Å². The number of ether oxygens (including phenoxy) is 1. The largest absolute Gasteiger partial charge is 0.482 e. The average molecular weight is 375 g/mol. The highest BCUT2D eigenvalue weighted by atomic mass is 79.9. The fraction of sp³-hybridized carbons (Fsp3) is 0.143. The molecule has 2 aromatic rings. The normalized spacial score (nSPS) is 10.4. The molecule has 0 fully saturated rings. The van der Waals surface area contributed by atoms with Crippen LogP contribution in [-0.2, 0) is 11.9 Å². The van der Waals surface area contributed by atoms with E-state index in [0.29, 0.717) is 10.9 Å². The number of alkyl halides is 1. The molecule has 0 unspecified atom stereocenters. The molecular weight excluding hydrogens is 365 g/mol. The maximum absolute atomic E-state index is 13.3. The molecule has 0 saturated heterocycles. The lowest BCUT2D eigenvalue weighted by molar-refractivity contribution is -0.386. The molecule has 7 heteroatoms. The van der Waals surface area contributed by atoms with E-state index in [2.05, 4.69) is 15.9 Å². The summed E-state index contributed by atoms with van der Waals surface area (Å²) in [7, 11) is 0. The van der Waals surface area contributed by atoms with Gasteiger partial charge in [0, 0.05) is 17.0 Å².